The zero-order valence-electron chi connectivity index (χ0n) is 9.07. The van der Waals surface area contributed by atoms with Crippen LogP contribution < -0.4 is 5.32 Å². The summed E-state index contributed by atoms with van der Waals surface area (Å²) >= 11 is 1.65. The van der Waals surface area contributed by atoms with Crippen LogP contribution in [0, 0.1) is 12.8 Å². The lowest BCUT2D eigenvalue weighted by Crippen LogP contribution is -2.34. The van der Waals surface area contributed by atoms with Crippen molar-refractivity contribution in [3.05, 3.63) is 11.1 Å². The van der Waals surface area contributed by atoms with E-state index in [0.717, 1.165) is 23.7 Å². The molecule has 1 aromatic rings. The minimum absolute atomic E-state index is 0.294. The fourth-order valence-electron chi connectivity index (χ4n) is 2.20. The van der Waals surface area contributed by atoms with Gasteiger partial charge in [-0.2, -0.15) is 0 Å². The molecule has 0 spiro atoms. The first kappa shape index (κ1) is 10.9. The quantitative estimate of drug-likeness (QED) is 0.832. The third-order valence-electron chi connectivity index (χ3n) is 3.07. The third-order valence-corrected chi connectivity index (χ3v) is 3.96. The van der Waals surface area contributed by atoms with E-state index < -0.39 is 0 Å². The molecule has 1 aromatic heterocycles. The average molecular weight is 226 g/mol. The highest BCUT2D eigenvalue weighted by molar-refractivity contribution is 7.13. The standard InChI is InChI=1S/C11H18N2OS/c1-8-7-15-11(12-8)13-10-5-3-2-4-9(10)6-14/h7,9-10,14H,2-6H2,1H3,(H,12,13). The van der Waals surface area contributed by atoms with Crippen LogP contribution in [0.4, 0.5) is 5.13 Å². The van der Waals surface area contributed by atoms with Crippen molar-refractivity contribution in [2.24, 2.45) is 5.92 Å². The summed E-state index contributed by atoms with van der Waals surface area (Å²) in [6.45, 7) is 2.30. The maximum Gasteiger partial charge on any atom is 0.183 e. The maximum atomic E-state index is 9.29. The molecule has 0 amide bonds. The van der Waals surface area contributed by atoms with Gasteiger partial charge in [0.15, 0.2) is 5.13 Å². The molecule has 0 aromatic carbocycles. The summed E-state index contributed by atoms with van der Waals surface area (Å²) in [7, 11) is 0. The molecule has 0 aliphatic heterocycles. The van der Waals surface area contributed by atoms with Gasteiger partial charge in [-0.3, -0.25) is 0 Å². The van der Waals surface area contributed by atoms with Crippen LogP contribution in [0.5, 0.6) is 0 Å². The number of hydrogen-bond acceptors (Lipinski definition) is 4. The van der Waals surface area contributed by atoms with E-state index in [1.54, 1.807) is 11.3 Å². The van der Waals surface area contributed by atoms with Crippen LogP contribution in [-0.2, 0) is 0 Å². The molecule has 2 N–H and O–H groups in total. The molecule has 1 aliphatic carbocycles. The molecule has 4 heteroatoms. The van der Waals surface area contributed by atoms with Crippen molar-refractivity contribution in [2.75, 3.05) is 11.9 Å². The second-order valence-corrected chi connectivity index (χ2v) is 5.13. The molecule has 2 unspecified atom stereocenters. The molecule has 2 rings (SSSR count). The fraction of sp³-hybridized carbons (Fsp3) is 0.727. The Balaban J connectivity index is 1.97. The molecular formula is C11H18N2OS. The second-order valence-electron chi connectivity index (χ2n) is 4.27. The number of aliphatic hydroxyl groups excluding tert-OH is 1. The molecule has 3 nitrogen and oxygen atoms in total. The van der Waals surface area contributed by atoms with E-state index in [-0.39, 0.29) is 0 Å². The summed E-state index contributed by atoms with van der Waals surface area (Å²) in [6.07, 6.45) is 4.81. The van der Waals surface area contributed by atoms with Crippen LogP contribution in [0.25, 0.3) is 0 Å². The number of nitrogens with zero attached hydrogens (tertiary/aromatic N) is 1. The second kappa shape index (κ2) is 4.94. The Morgan fingerprint density at radius 3 is 3.00 bits per heavy atom. The predicted molar refractivity (Wildman–Crippen MR) is 63.3 cm³/mol. The number of rotatable bonds is 3. The van der Waals surface area contributed by atoms with Gasteiger partial charge in [-0.1, -0.05) is 12.8 Å². The highest BCUT2D eigenvalue weighted by atomic mass is 32.1. The molecule has 2 atom stereocenters. The van der Waals surface area contributed by atoms with Gasteiger partial charge in [0, 0.05) is 23.9 Å². The van der Waals surface area contributed by atoms with E-state index in [2.05, 4.69) is 15.7 Å². The van der Waals surface area contributed by atoms with Gasteiger partial charge in [0.25, 0.3) is 0 Å². The third kappa shape index (κ3) is 2.69. The summed E-state index contributed by atoms with van der Waals surface area (Å²) in [5.41, 5.74) is 1.07. The van der Waals surface area contributed by atoms with Crippen molar-refractivity contribution in [1.82, 2.24) is 4.98 Å². The summed E-state index contributed by atoms with van der Waals surface area (Å²) in [6, 6.07) is 0.411. The molecular weight excluding hydrogens is 208 g/mol. The van der Waals surface area contributed by atoms with Gasteiger partial charge < -0.3 is 10.4 Å². The van der Waals surface area contributed by atoms with Gasteiger partial charge in [-0.05, 0) is 19.8 Å². The molecule has 1 saturated carbocycles. The Morgan fingerprint density at radius 1 is 1.53 bits per heavy atom. The lowest BCUT2D eigenvalue weighted by molar-refractivity contribution is 0.178. The minimum atomic E-state index is 0.294. The predicted octanol–water partition coefficient (Wildman–Crippen LogP) is 2.41. The Bertz CT molecular complexity index is 313. The van der Waals surface area contributed by atoms with E-state index in [1.807, 2.05) is 6.92 Å². The highest BCUT2D eigenvalue weighted by Gasteiger charge is 2.24. The molecule has 0 bridgehead atoms. The van der Waals surface area contributed by atoms with Gasteiger partial charge in [0.1, 0.15) is 0 Å². The monoisotopic (exact) mass is 226 g/mol. The van der Waals surface area contributed by atoms with Crippen LogP contribution in [0.15, 0.2) is 5.38 Å². The van der Waals surface area contributed by atoms with E-state index in [1.165, 1.54) is 12.8 Å². The minimum Gasteiger partial charge on any atom is -0.396 e. The summed E-state index contributed by atoms with van der Waals surface area (Å²) < 4.78 is 0. The van der Waals surface area contributed by atoms with Crippen molar-refractivity contribution in [1.29, 1.82) is 0 Å². The highest BCUT2D eigenvalue weighted by Crippen LogP contribution is 2.27. The number of hydrogen-bond donors (Lipinski definition) is 2. The van der Waals surface area contributed by atoms with Crippen molar-refractivity contribution < 1.29 is 5.11 Å². The first-order valence-corrected chi connectivity index (χ1v) is 6.47. The average Bonchev–Trinajstić information content (AvgIpc) is 2.65. The topological polar surface area (TPSA) is 45.1 Å². The number of aromatic nitrogens is 1. The lowest BCUT2D eigenvalue weighted by Gasteiger charge is -2.30. The number of aryl methyl sites for hydroxylation is 1. The van der Waals surface area contributed by atoms with Gasteiger partial charge in [-0.25, -0.2) is 4.98 Å². The molecule has 0 saturated heterocycles. The Hall–Kier alpha value is -0.610. The molecule has 1 heterocycles. The number of thiazole rings is 1. The van der Waals surface area contributed by atoms with E-state index in [4.69, 9.17) is 0 Å². The van der Waals surface area contributed by atoms with Crippen molar-refractivity contribution in [3.63, 3.8) is 0 Å². The van der Waals surface area contributed by atoms with Gasteiger partial charge in [0.05, 0.1) is 5.69 Å². The summed E-state index contributed by atoms with van der Waals surface area (Å²) in [5, 5.41) is 15.8. The molecule has 15 heavy (non-hydrogen) atoms. The number of anilines is 1. The van der Waals surface area contributed by atoms with Crippen molar-refractivity contribution in [2.45, 2.75) is 38.6 Å². The number of nitrogens with one attached hydrogen (secondary N) is 1. The van der Waals surface area contributed by atoms with Crippen molar-refractivity contribution in [3.8, 4) is 0 Å². The van der Waals surface area contributed by atoms with Crippen molar-refractivity contribution >= 4 is 16.5 Å². The van der Waals surface area contributed by atoms with Crippen LogP contribution in [0.3, 0.4) is 0 Å². The largest absolute Gasteiger partial charge is 0.396 e. The van der Waals surface area contributed by atoms with Crippen LogP contribution >= 0.6 is 11.3 Å². The van der Waals surface area contributed by atoms with E-state index in [9.17, 15) is 5.11 Å². The normalized spacial score (nSPS) is 26.5. The first-order chi connectivity index (χ1) is 7.29. The molecule has 0 radical (unpaired) electrons. The molecule has 1 aliphatic rings. The van der Waals surface area contributed by atoms with Gasteiger partial charge in [0.2, 0.25) is 0 Å². The Morgan fingerprint density at radius 2 is 2.33 bits per heavy atom. The van der Waals surface area contributed by atoms with Gasteiger partial charge in [-0.15, -0.1) is 11.3 Å². The summed E-state index contributed by atoms with van der Waals surface area (Å²) in [4.78, 5) is 4.40. The van der Waals surface area contributed by atoms with Gasteiger partial charge >= 0.3 is 0 Å². The SMILES string of the molecule is Cc1csc(NC2CCCCC2CO)n1. The van der Waals surface area contributed by atoms with Crippen LogP contribution in [0.2, 0.25) is 0 Å². The lowest BCUT2D eigenvalue weighted by atomic mass is 9.85. The molecule has 84 valence electrons. The smallest absolute Gasteiger partial charge is 0.183 e. The Kier molecular flexibility index (Phi) is 3.59. The van der Waals surface area contributed by atoms with E-state index in [0.29, 0.717) is 18.6 Å². The number of aliphatic hydroxyl groups is 1. The Labute approximate surface area is 94.5 Å². The zero-order valence-corrected chi connectivity index (χ0v) is 9.89. The fourth-order valence-corrected chi connectivity index (χ4v) is 2.95. The summed E-state index contributed by atoms with van der Waals surface area (Å²) in [5.74, 6) is 0.406. The van der Waals surface area contributed by atoms with E-state index >= 15 is 0 Å². The van der Waals surface area contributed by atoms with Crippen LogP contribution in [-0.4, -0.2) is 22.7 Å². The maximum absolute atomic E-state index is 9.29. The van der Waals surface area contributed by atoms with Crippen LogP contribution in [0.1, 0.15) is 31.4 Å². The zero-order chi connectivity index (χ0) is 10.7. The first-order valence-electron chi connectivity index (χ1n) is 5.59. The molecule has 1 fully saturated rings.